The number of likely N-dealkylation sites (tertiary alicyclic amines) is 2. The number of piperidine rings is 1. The number of carbonyl (C=O) groups is 2. The highest BCUT2D eigenvalue weighted by atomic mass is 16.5. The minimum absolute atomic E-state index is 0.0300. The molecule has 2 aliphatic heterocycles. The van der Waals surface area contributed by atoms with Crippen molar-refractivity contribution in [2.45, 2.75) is 85.7 Å². The SMILES string of the molecule is C=CC(=O)N1CCC(N(CC)c2cc(-c3ccc(CN4CC(OC(C)C)C4)cc3)cc(C(=O)NCc3c(C)cc(C)[nH]c3=O)c2C)CC1. The molecule has 48 heavy (non-hydrogen) atoms. The summed E-state index contributed by atoms with van der Waals surface area (Å²) >= 11 is 0. The predicted octanol–water partition coefficient (Wildman–Crippen LogP) is 5.51. The summed E-state index contributed by atoms with van der Waals surface area (Å²) < 4.78 is 5.92. The molecule has 0 atom stereocenters. The fourth-order valence-corrected chi connectivity index (χ4v) is 7.10. The van der Waals surface area contributed by atoms with Crippen molar-refractivity contribution in [1.82, 2.24) is 20.1 Å². The van der Waals surface area contributed by atoms with Crippen molar-refractivity contribution >= 4 is 17.5 Å². The zero-order chi connectivity index (χ0) is 34.5. The number of ether oxygens (including phenoxy) is 1. The van der Waals surface area contributed by atoms with E-state index < -0.39 is 0 Å². The summed E-state index contributed by atoms with van der Waals surface area (Å²) in [5, 5.41) is 3.04. The average molecular weight is 654 g/mol. The lowest BCUT2D eigenvalue weighted by Crippen LogP contribution is -2.52. The largest absolute Gasteiger partial charge is 0.373 e. The van der Waals surface area contributed by atoms with Crippen LogP contribution in [0.1, 0.15) is 71.9 Å². The van der Waals surface area contributed by atoms with E-state index in [0.717, 1.165) is 72.7 Å². The molecule has 2 aromatic carbocycles. The average Bonchev–Trinajstić information content (AvgIpc) is 3.04. The maximum absolute atomic E-state index is 13.9. The molecule has 9 nitrogen and oxygen atoms in total. The van der Waals surface area contributed by atoms with Gasteiger partial charge in [0.25, 0.3) is 11.5 Å². The van der Waals surface area contributed by atoms with E-state index in [1.54, 1.807) is 0 Å². The Labute approximate surface area is 285 Å². The number of nitrogens with one attached hydrogen (secondary N) is 2. The minimum atomic E-state index is -0.218. The van der Waals surface area contributed by atoms with E-state index in [-0.39, 0.29) is 36.1 Å². The molecule has 2 aliphatic rings. The molecule has 2 N–H and O–H groups in total. The molecular weight excluding hydrogens is 602 g/mol. The zero-order valence-electron chi connectivity index (χ0n) is 29.4. The summed E-state index contributed by atoms with van der Waals surface area (Å²) in [7, 11) is 0. The first kappa shape index (κ1) is 35.1. The second kappa shape index (κ2) is 15.3. The van der Waals surface area contributed by atoms with Crippen LogP contribution in [-0.2, 0) is 22.6 Å². The Hall–Kier alpha value is -4.21. The third kappa shape index (κ3) is 8.08. The Bertz CT molecular complexity index is 1680. The first-order valence-corrected chi connectivity index (χ1v) is 17.2. The van der Waals surface area contributed by atoms with Crippen LogP contribution in [0.3, 0.4) is 0 Å². The summed E-state index contributed by atoms with van der Waals surface area (Å²) in [6, 6.07) is 14.9. The van der Waals surface area contributed by atoms with Crippen molar-refractivity contribution in [3.63, 3.8) is 0 Å². The standard InChI is InChI=1S/C39H51N5O4/c1-8-37(45)43-16-14-32(15-17-43)44(9-2)36-20-31(30-12-10-29(11-13-30)22-42-23-33(24-42)48-25(3)4)19-34(28(36)7)38(46)40-21-35-26(5)18-27(6)41-39(35)47/h8,10-13,18-20,25,32-33H,1,9,14-17,21-24H2,2-7H3,(H,40,46)(H,41,47). The number of nitrogens with zero attached hydrogens (tertiary/aromatic N) is 3. The molecule has 0 bridgehead atoms. The molecule has 0 saturated carbocycles. The van der Waals surface area contributed by atoms with E-state index in [9.17, 15) is 14.4 Å². The lowest BCUT2D eigenvalue weighted by atomic mass is 9.94. The fourth-order valence-electron chi connectivity index (χ4n) is 7.10. The predicted molar refractivity (Wildman–Crippen MR) is 192 cm³/mol. The summed E-state index contributed by atoms with van der Waals surface area (Å²) in [6.45, 7) is 20.7. The number of H-pyrrole nitrogens is 1. The minimum Gasteiger partial charge on any atom is -0.373 e. The van der Waals surface area contributed by atoms with Gasteiger partial charge >= 0.3 is 0 Å². The molecule has 3 aromatic rings. The molecule has 0 radical (unpaired) electrons. The van der Waals surface area contributed by atoms with Crippen LogP contribution in [-0.4, -0.2) is 77.6 Å². The smallest absolute Gasteiger partial charge is 0.253 e. The third-order valence-electron chi connectivity index (χ3n) is 9.67. The van der Waals surface area contributed by atoms with Gasteiger partial charge in [0.2, 0.25) is 5.91 Å². The van der Waals surface area contributed by atoms with Gasteiger partial charge in [0.15, 0.2) is 0 Å². The van der Waals surface area contributed by atoms with Crippen molar-refractivity contribution in [3.05, 3.63) is 99.0 Å². The molecule has 2 amide bonds. The number of amides is 2. The molecule has 3 heterocycles. The Morgan fingerprint density at radius 1 is 1.06 bits per heavy atom. The Morgan fingerprint density at radius 3 is 2.35 bits per heavy atom. The summed E-state index contributed by atoms with van der Waals surface area (Å²) in [6.07, 6.45) is 3.61. The highest BCUT2D eigenvalue weighted by Crippen LogP contribution is 2.34. The third-order valence-corrected chi connectivity index (χ3v) is 9.67. The van der Waals surface area contributed by atoms with E-state index in [1.807, 2.05) is 37.8 Å². The van der Waals surface area contributed by atoms with E-state index in [2.05, 4.69) is 77.8 Å². The number of carbonyl (C=O) groups excluding carboxylic acids is 2. The zero-order valence-corrected chi connectivity index (χ0v) is 29.4. The lowest BCUT2D eigenvalue weighted by molar-refractivity contribution is -0.127. The van der Waals surface area contributed by atoms with Gasteiger partial charge in [-0.2, -0.15) is 0 Å². The molecule has 0 aliphatic carbocycles. The second-order valence-electron chi connectivity index (χ2n) is 13.5. The van der Waals surface area contributed by atoms with Gasteiger partial charge in [-0.1, -0.05) is 30.8 Å². The van der Waals surface area contributed by atoms with Crippen LogP contribution in [0.5, 0.6) is 0 Å². The van der Waals surface area contributed by atoms with E-state index in [1.165, 1.54) is 11.6 Å². The maximum Gasteiger partial charge on any atom is 0.253 e. The van der Waals surface area contributed by atoms with Gasteiger partial charge in [0, 0.05) is 74.4 Å². The van der Waals surface area contributed by atoms with Crippen LogP contribution in [0, 0.1) is 20.8 Å². The number of aromatic amines is 1. The molecule has 5 rings (SSSR count). The molecule has 0 unspecified atom stereocenters. The molecule has 2 saturated heterocycles. The van der Waals surface area contributed by atoms with Gasteiger partial charge in [-0.15, -0.1) is 0 Å². The Morgan fingerprint density at radius 2 is 1.75 bits per heavy atom. The van der Waals surface area contributed by atoms with Crippen molar-refractivity contribution in [2.24, 2.45) is 0 Å². The molecular formula is C39H51N5O4. The summed E-state index contributed by atoms with van der Waals surface area (Å²) in [4.78, 5) is 48.3. The van der Waals surface area contributed by atoms with Crippen molar-refractivity contribution in [1.29, 1.82) is 0 Å². The molecule has 2 fully saturated rings. The van der Waals surface area contributed by atoms with Crippen LogP contribution in [0.25, 0.3) is 11.1 Å². The first-order chi connectivity index (χ1) is 23.0. The van der Waals surface area contributed by atoms with Crippen molar-refractivity contribution in [2.75, 3.05) is 37.6 Å². The molecule has 256 valence electrons. The number of hydrogen-bond acceptors (Lipinski definition) is 6. The number of pyridine rings is 1. The molecule has 0 spiro atoms. The quantitative estimate of drug-likeness (QED) is 0.250. The van der Waals surface area contributed by atoms with Crippen LogP contribution in [0.15, 0.2) is 59.9 Å². The number of aryl methyl sites for hydroxylation is 2. The van der Waals surface area contributed by atoms with E-state index in [0.29, 0.717) is 30.3 Å². The monoisotopic (exact) mass is 653 g/mol. The van der Waals surface area contributed by atoms with Crippen LogP contribution < -0.4 is 15.8 Å². The van der Waals surface area contributed by atoms with Crippen molar-refractivity contribution < 1.29 is 14.3 Å². The maximum atomic E-state index is 13.9. The number of benzene rings is 2. The summed E-state index contributed by atoms with van der Waals surface area (Å²) in [5.41, 5.74) is 7.74. The number of aromatic nitrogens is 1. The number of rotatable bonds is 12. The fraction of sp³-hybridized carbons (Fsp3) is 0.462. The van der Waals surface area contributed by atoms with Gasteiger partial charge < -0.3 is 24.8 Å². The first-order valence-electron chi connectivity index (χ1n) is 17.2. The van der Waals surface area contributed by atoms with Gasteiger partial charge in [-0.3, -0.25) is 19.3 Å². The number of anilines is 1. The Balaban J connectivity index is 1.42. The van der Waals surface area contributed by atoms with Gasteiger partial charge in [-0.05, 0) is 106 Å². The van der Waals surface area contributed by atoms with Crippen LogP contribution in [0.2, 0.25) is 0 Å². The highest BCUT2D eigenvalue weighted by Gasteiger charge is 2.29. The van der Waals surface area contributed by atoms with Gasteiger partial charge in [0.05, 0.1) is 12.2 Å². The topological polar surface area (TPSA) is 98.0 Å². The highest BCUT2D eigenvalue weighted by molar-refractivity contribution is 5.99. The molecule has 9 heteroatoms. The van der Waals surface area contributed by atoms with Crippen molar-refractivity contribution in [3.8, 4) is 11.1 Å². The second-order valence-corrected chi connectivity index (χ2v) is 13.5. The van der Waals surface area contributed by atoms with Crippen LogP contribution >= 0.6 is 0 Å². The van der Waals surface area contributed by atoms with E-state index in [4.69, 9.17) is 4.74 Å². The Kier molecular flexibility index (Phi) is 11.2. The molecule has 1 aromatic heterocycles. The lowest BCUT2D eigenvalue weighted by Gasteiger charge is -2.40. The van der Waals surface area contributed by atoms with E-state index >= 15 is 0 Å². The van der Waals surface area contributed by atoms with Crippen LogP contribution in [0.4, 0.5) is 5.69 Å². The number of hydrogen-bond donors (Lipinski definition) is 2. The van der Waals surface area contributed by atoms with Gasteiger partial charge in [0.1, 0.15) is 0 Å². The van der Waals surface area contributed by atoms with Gasteiger partial charge in [-0.25, -0.2) is 0 Å². The summed E-state index contributed by atoms with van der Waals surface area (Å²) in [5.74, 6) is -0.248. The normalized spacial score (nSPS) is 15.8.